The minimum Gasteiger partial charge on any atom is -0.392 e. The van der Waals surface area contributed by atoms with Gasteiger partial charge in [-0.1, -0.05) is 77.6 Å². The molecule has 0 aromatic heterocycles. The molecule has 0 bridgehead atoms. The van der Waals surface area contributed by atoms with Gasteiger partial charge >= 0.3 is 0 Å². The Kier molecular flexibility index (Phi) is 4.77. The molecule has 2 aromatic carbocycles. The number of hydrogen-bond acceptors (Lipinski definition) is 2. The molecule has 0 saturated carbocycles. The molecule has 1 fully saturated rings. The molecule has 2 nitrogen and oxygen atoms in total. The van der Waals surface area contributed by atoms with E-state index in [0.29, 0.717) is 0 Å². The highest BCUT2D eigenvalue weighted by atomic mass is 28.3. The van der Waals surface area contributed by atoms with Crippen LogP contribution < -0.4 is 15.7 Å². The molecular formula is C19H25NOSi. The Hall–Kier alpha value is -1.42. The highest BCUT2D eigenvalue weighted by Gasteiger charge is 2.36. The highest BCUT2D eigenvalue weighted by molar-refractivity contribution is 7.01. The minimum absolute atomic E-state index is 0.263. The number of rotatable bonds is 5. The lowest BCUT2D eigenvalue weighted by molar-refractivity contribution is 0.153. The van der Waals surface area contributed by atoms with Gasteiger partial charge in [0.05, 0.1) is 6.10 Å². The second-order valence-electron chi connectivity index (χ2n) is 6.54. The van der Waals surface area contributed by atoms with Gasteiger partial charge in [0.1, 0.15) is 8.07 Å². The summed E-state index contributed by atoms with van der Waals surface area (Å²) in [5, 5.41) is 17.0. The molecule has 22 heavy (non-hydrogen) atoms. The molecule has 1 saturated heterocycles. The molecule has 2 atom stereocenters. The van der Waals surface area contributed by atoms with Crippen molar-refractivity contribution in [2.24, 2.45) is 0 Å². The van der Waals surface area contributed by atoms with Gasteiger partial charge in [0, 0.05) is 6.04 Å². The van der Waals surface area contributed by atoms with E-state index in [-0.39, 0.29) is 12.1 Å². The molecule has 2 aromatic rings. The molecule has 0 radical (unpaired) electrons. The predicted molar refractivity (Wildman–Crippen MR) is 95.6 cm³/mol. The van der Waals surface area contributed by atoms with Gasteiger partial charge in [0.2, 0.25) is 0 Å². The third-order valence-corrected chi connectivity index (χ3v) is 9.45. The summed E-state index contributed by atoms with van der Waals surface area (Å²) in [7, 11) is -1.92. The maximum atomic E-state index is 10.8. The number of aliphatic hydroxyl groups is 1. The van der Waals surface area contributed by atoms with E-state index in [1.165, 1.54) is 16.8 Å². The van der Waals surface area contributed by atoms with Crippen LogP contribution in [0.3, 0.4) is 0 Å². The van der Waals surface area contributed by atoms with Crippen molar-refractivity contribution < 1.29 is 5.11 Å². The van der Waals surface area contributed by atoms with Crippen LogP contribution in [-0.2, 0) is 0 Å². The van der Waals surface area contributed by atoms with Gasteiger partial charge < -0.3 is 10.4 Å². The van der Waals surface area contributed by atoms with Crippen molar-refractivity contribution in [2.45, 2.75) is 37.6 Å². The van der Waals surface area contributed by atoms with Crippen LogP contribution in [0.25, 0.3) is 0 Å². The fourth-order valence-corrected chi connectivity index (χ4v) is 7.40. The second kappa shape index (κ2) is 6.78. The fourth-order valence-electron chi connectivity index (χ4n) is 3.61. The Bertz CT molecular complexity index is 541. The maximum Gasteiger partial charge on any atom is 0.117 e. The zero-order valence-electron chi connectivity index (χ0n) is 13.2. The average molecular weight is 312 g/mol. The monoisotopic (exact) mass is 311 g/mol. The van der Waals surface area contributed by atoms with Gasteiger partial charge in [0.25, 0.3) is 0 Å². The highest BCUT2D eigenvalue weighted by Crippen LogP contribution is 2.20. The van der Waals surface area contributed by atoms with Gasteiger partial charge in [-0.15, -0.1) is 0 Å². The second-order valence-corrected chi connectivity index (χ2v) is 10.8. The first kappa shape index (κ1) is 15.5. The lowest BCUT2D eigenvalue weighted by atomic mass is 10.1. The average Bonchev–Trinajstić information content (AvgIpc) is 3.11. The smallest absolute Gasteiger partial charge is 0.117 e. The van der Waals surface area contributed by atoms with E-state index in [2.05, 4.69) is 72.5 Å². The Labute approximate surface area is 134 Å². The fraction of sp³-hybridized carbons (Fsp3) is 0.368. The van der Waals surface area contributed by atoms with Crippen molar-refractivity contribution in [1.82, 2.24) is 5.32 Å². The largest absolute Gasteiger partial charge is 0.392 e. The summed E-state index contributed by atoms with van der Waals surface area (Å²) < 4.78 is 0. The van der Waals surface area contributed by atoms with Crippen molar-refractivity contribution in [3.05, 3.63) is 60.7 Å². The van der Waals surface area contributed by atoms with E-state index in [9.17, 15) is 5.11 Å². The Morgan fingerprint density at radius 3 is 2.05 bits per heavy atom. The van der Waals surface area contributed by atoms with Crippen LogP contribution in [0.2, 0.25) is 12.6 Å². The molecule has 2 N–H and O–H groups in total. The first-order chi connectivity index (χ1) is 10.7. The lowest BCUT2D eigenvalue weighted by Crippen LogP contribution is -2.58. The molecule has 3 rings (SSSR count). The van der Waals surface area contributed by atoms with Crippen molar-refractivity contribution in [3.63, 3.8) is 0 Å². The molecule has 0 amide bonds. The third-order valence-electron chi connectivity index (χ3n) is 5.00. The molecule has 1 heterocycles. The molecule has 0 unspecified atom stereocenters. The summed E-state index contributed by atoms with van der Waals surface area (Å²) in [6.45, 7) is 3.42. The van der Waals surface area contributed by atoms with Crippen LogP contribution in [0.5, 0.6) is 0 Å². The Balaban J connectivity index is 1.93. The van der Waals surface area contributed by atoms with Gasteiger partial charge in [-0.2, -0.15) is 0 Å². The van der Waals surface area contributed by atoms with E-state index in [1.807, 2.05) is 0 Å². The summed E-state index contributed by atoms with van der Waals surface area (Å²) in [5.41, 5.74) is 0. The zero-order chi connectivity index (χ0) is 15.4. The zero-order valence-corrected chi connectivity index (χ0v) is 14.2. The lowest BCUT2D eigenvalue weighted by Gasteiger charge is -2.33. The quantitative estimate of drug-likeness (QED) is 0.828. The predicted octanol–water partition coefficient (Wildman–Crippen LogP) is 1.99. The van der Waals surface area contributed by atoms with Crippen molar-refractivity contribution in [3.8, 4) is 0 Å². The number of benzene rings is 2. The standard InChI is InChI=1S/C19H25NOSi/c1-22(16-9-4-2-5-10-16,17-11-6-3-7-12-17)15-19(21)18-13-8-14-20-18/h2-7,9-12,18-21H,8,13-15H2,1H3/t18-,19+/m0/s1. The molecule has 0 spiro atoms. The number of hydrogen-bond donors (Lipinski definition) is 2. The van der Waals surface area contributed by atoms with Crippen molar-refractivity contribution in [1.29, 1.82) is 0 Å². The van der Waals surface area contributed by atoms with Crippen LogP contribution in [0.4, 0.5) is 0 Å². The Morgan fingerprint density at radius 1 is 1.05 bits per heavy atom. The Morgan fingerprint density at radius 2 is 1.59 bits per heavy atom. The third kappa shape index (κ3) is 3.17. The van der Waals surface area contributed by atoms with Crippen LogP contribution in [0.1, 0.15) is 12.8 Å². The molecule has 116 valence electrons. The van der Waals surface area contributed by atoms with Crippen LogP contribution >= 0.6 is 0 Å². The van der Waals surface area contributed by atoms with Crippen LogP contribution in [0.15, 0.2) is 60.7 Å². The molecule has 1 aliphatic rings. The SMILES string of the molecule is C[Si](C[C@@H](O)[C@@H]1CCCN1)(c1ccccc1)c1ccccc1. The molecular weight excluding hydrogens is 286 g/mol. The van der Waals surface area contributed by atoms with E-state index in [0.717, 1.165) is 19.0 Å². The minimum atomic E-state index is -1.92. The number of nitrogens with one attached hydrogen (secondary N) is 1. The molecule has 3 heteroatoms. The summed E-state index contributed by atoms with van der Waals surface area (Å²) in [6, 6.07) is 22.7. The van der Waals surface area contributed by atoms with Gasteiger partial charge in [-0.3, -0.25) is 0 Å². The number of aliphatic hydroxyl groups excluding tert-OH is 1. The molecule has 0 aliphatic carbocycles. The summed E-state index contributed by atoms with van der Waals surface area (Å²) in [6.07, 6.45) is 2.01. The van der Waals surface area contributed by atoms with Crippen molar-refractivity contribution >= 4 is 18.4 Å². The summed E-state index contributed by atoms with van der Waals surface area (Å²) in [4.78, 5) is 0. The molecule has 1 aliphatic heterocycles. The normalized spacial score (nSPS) is 20.0. The van der Waals surface area contributed by atoms with Crippen molar-refractivity contribution in [2.75, 3.05) is 6.54 Å². The van der Waals surface area contributed by atoms with Crippen LogP contribution in [-0.4, -0.2) is 31.9 Å². The maximum absolute atomic E-state index is 10.8. The topological polar surface area (TPSA) is 32.3 Å². The van der Waals surface area contributed by atoms with E-state index in [4.69, 9.17) is 0 Å². The summed E-state index contributed by atoms with van der Waals surface area (Å²) in [5.74, 6) is 0. The van der Waals surface area contributed by atoms with Gasteiger partial charge in [0.15, 0.2) is 0 Å². The van der Waals surface area contributed by atoms with Crippen LogP contribution in [0, 0.1) is 0 Å². The first-order valence-electron chi connectivity index (χ1n) is 8.23. The van der Waals surface area contributed by atoms with E-state index < -0.39 is 8.07 Å². The van der Waals surface area contributed by atoms with Gasteiger partial charge in [-0.25, -0.2) is 0 Å². The van der Waals surface area contributed by atoms with E-state index >= 15 is 0 Å². The van der Waals surface area contributed by atoms with Gasteiger partial charge in [-0.05, 0) is 25.4 Å². The summed E-state index contributed by atoms with van der Waals surface area (Å²) >= 11 is 0. The van der Waals surface area contributed by atoms with E-state index in [1.54, 1.807) is 0 Å². The first-order valence-corrected chi connectivity index (χ1v) is 10.9.